The second-order valence-corrected chi connectivity index (χ2v) is 9.60. The molecule has 0 amide bonds. The third kappa shape index (κ3) is 4.84. The molecule has 2 unspecified atom stereocenters. The smallest absolute Gasteiger partial charge is 0.194 e. The Bertz CT molecular complexity index is 1200. The Morgan fingerprint density at radius 3 is 2.30 bits per heavy atom. The normalized spacial score (nSPS) is 21.0. The molecular formula is C27H23Cl2N3S. The van der Waals surface area contributed by atoms with Gasteiger partial charge in [-0.05, 0) is 90.7 Å². The van der Waals surface area contributed by atoms with Crippen LogP contribution in [0.3, 0.4) is 0 Å². The molecule has 1 aliphatic carbocycles. The highest BCUT2D eigenvalue weighted by atomic mass is 35.5. The van der Waals surface area contributed by atoms with Gasteiger partial charge in [-0.1, -0.05) is 65.7 Å². The maximum absolute atomic E-state index is 6.19. The summed E-state index contributed by atoms with van der Waals surface area (Å²) in [6.07, 6.45) is 5.41. The highest BCUT2D eigenvalue weighted by Crippen LogP contribution is 2.44. The molecule has 1 saturated carbocycles. The Labute approximate surface area is 209 Å². The van der Waals surface area contributed by atoms with Gasteiger partial charge in [-0.15, -0.1) is 0 Å². The molecule has 3 aromatic carbocycles. The van der Waals surface area contributed by atoms with Crippen LogP contribution in [0, 0.1) is 5.92 Å². The summed E-state index contributed by atoms with van der Waals surface area (Å²) in [5.41, 5.74) is 5.62. The van der Waals surface area contributed by atoms with E-state index < -0.39 is 0 Å². The van der Waals surface area contributed by atoms with E-state index in [1.54, 1.807) is 0 Å². The van der Waals surface area contributed by atoms with E-state index in [0.717, 1.165) is 51.8 Å². The molecule has 33 heavy (non-hydrogen) atoms. The van der Waals surface area contributed by atoms with Crippen LogP contribution in [0.25, 0.3) is 6.08 Å². The van der Waals surface area contributed by atoms with Gasteiger partial charge >= 0.3 is 0 Å². The van der Waals surface area contributed by atoms with Gasteiger partial charge in [-0.3, -0.25) is 0 Å². The van der Waals surface area contributed by atoms with E-state index in [0.29, 0.717) is 5.11 Å². The van der Waals surface area contributed by atoms with Crippen LogP contribution in [0.5, 0.6) is 0 Å². The number of para-hydroxylation sites is 1. The van der Waals surface area contributed by atoms with E-state index in [1.807, 2.05) is 71.7 Å². The van der Waals surface area contributed by atoms with Crippen LogP contribution in [-0.4, -0.2) is 15.8 Å². The van der Waals surface area contributed by atoms with Gasteiger partial charge < -0.3 is 5.32 Å². The number of halogens is 2. The van der Waals surface area contributed by atoms with Crippen LogP contribution >= 0.6 is 35.4 Å². The first-order chi connectivity index (χ1) is 16.1. The van der Waals surface area contributed by atoms with Crippen molar-refractivity contribution in [1.82, 2.24) is 5.01 Å². The van der Waals surface area contributed by atoms with Gasteiger partial charge in [0.1, 0.15) is 0 Å². The summed E-state index contributed by atoms with van der Waals surface area (Å²) >= 11 is 18.1. The van der Waals surface area contributed by atoms with Crippen molar-refractivity contribution in [3.63, 3.8) is 0 Å². The van der Waals surface area contributed by atoms with E-state index in [4.69, 9.17) is 40.5 Å². The number of hydrogen-bond acceptors (Lipinski definition) is 2. The van der Waals surface area contributed by atoms with Crippen molar-refractivity contribution >= 4 is 58.0 Å². The Hall–Kier alpha value is -2.66. The molecule has 6 heteroatoms. The van der Waals surface area contributed by atoms with E-state index in [9.17, 15) is 0 Å². The molecule has 1 N–H and O–H groups in total. The molecule has 0 bridgehead atoms. The molecule has 0 spiro atoms. The van der Waals surface area contributed by atoms with E-state index in [2.05, 4.69) is 23.5 Å². The second-order valence-electron chi connectivity index (χ2n) is 8.34. The maximum atomic E-state index is 6.19. The Morgan fingerprint density at radius 2 is 1.61 bits per heavy atom. The lowest BCUT2D eigenvalue weighted by atomic mass is 9.77. The average Bonchev–Trinajstić information content (AvgIpc) is 3.23. The summed E-state index contributed by atoms with van der Waals surface area (Å²) in [5, 5.41) is 12.5. The van der Waals surface area contributed by atoms with Crippen LogP contribution in [-0.2, 0) is 0 Å². The molecule has 3 aromatic rings. The van der Waals surface area contributed by atoms with Crippen molar-refractivity contribution in [3.05, 3.63) is 106 Å². The maximum Gasteiger partial charge on any atom is 0.194 e. The van der Waals surface area contributed by atoms with Gasteiger partial charge in [-0.25, -0.2) is 5.01 Å². The highest BCUT2D eigenvalue weighted by Gasteiger charge is 2.42. The van der Waals surface area contributed by atoms with Crippen molar-refractivity contribution in [3.8, 4) is 0 Å². The lowest BCUT2D eigenvalue weighted by Crippen LogP contribution is -2.34. The fourth-order valence-electron chi connectivity index (χ4n) is 4.62. The molecule has 1 heterocycles. The molecule has 1 aliphatic heterocycles. The number of fused-ring (bicyclic) bond motifs is 1. The number of hydrazone groups is 1. The Morgan fingerprint density at radius 1 is 0.939 bits per heavy atom. The zero-order valence-electron chi connectivity index (χ0n) is 17.9. The number of thiocarbonyl (C=S) groups is 1. The minimum Gasteiger partial charge on any atom is -0.331 e. The molecule has 5 rings (SSSR count). The minimum absolute atomic E-state index is 0.0231. The standard InChI is InChI=1S/C27H23Cl2N3S/c28-21-13-9-18(10-14-21)17-20-5-4-8-24-25(20)31-32(26(24)19-11-15-22(29)16-12-19)27(33)30-23-6-2-1-3-7-23/h1-3,6-7,9-17,24,26H,4-5,8H2,(H,30,33). The molecule has 0 radical (unpaired) electrons. The van der Waals surface area contributed by atoms with Crippen LogP contribution < -0.4 is 5.32 Å². The van der Waals surface area contributed by atoms with E-state index >= 15 is 0 Å². The number of nitrogens with one attached hydrogen (secondary N) is 1. The molecule has 3 nitrogen and oxygen atoms in total. The summed E-state index contributed by atoms with van der Waals surface area (Å²) in [4.78, 5) is 0. The first-order valence-corrected chi connectivity index (χ1v) is 12.2. The zero-order valence-corrected chi connectivity index (χ0v) is 20.2. The van der Waals surface area contributed by atoms with Crippen molar-refractivity contribution in [2.75, 3.05) is 5.32 Å². The van der Waals surface area contributed by atoms with Crippen molar-refractivity contribution in [1.29, 1.82) is 0 Å². The van der Waals surface area contributed by atoms with Crippen molar-refractivity contribution < 1.29 is 0 Å². The third-order valence-corrected chi connectivity index (χ3v) is 6.95. The van der Waals surface area contributed by atoms with Crippen molar-refractivity contribution in [2.45, 2.75) is 25.3 Å². The van der Waals surface area contributed by atoms with Gasteiger partial charge in [-0.2, -0.15) is 5.10 Å². The van der Waals surface area contributed by atoms with Gasteiger partial charge in [0, 0.05) is 21.7 Å². The fourth-order valence-corrected chi connectivity index (χ4v) is 5.15. The fraction of sp³-hybridized carbons (Fsp3) is 0.185. The lowest BCUT2D eigenvalue weighted by molar-refractivity contribution is 0.307. The van der Waals surface area contributed by atoms with Crippen LogP contribution in [0.4, 0.5) is 5.69 Å². The zero-order chi connectivity index (χ0) is 22.8. The average molecular weight is 492 g/mol. The highest BCUT2D eigenvalue weighted by molar-refractivity contribution is 7.80. The second kappa shape index (κ2) is 9.68. The third-order valence-electron chi connectivity index (χ3n) is 6.16. The Kier molecular flexibility index (Phi) is 6.50. The number of allylic oxidation sites excluding steroid dienone is 1. The van der Waals surface area contributed by atoms with Crippen molar-refractivity contribution in [2.24, 2.45) is 11.0 Å². The monoisotopic (exact) mass is 491 g/mol. The topological polar surface area (TPSA) is 27.6 Å². The summed E-state index contributed by atoms with van der Waals surface area (Å²) in [6.45, 7) is 0. The quantitative estimate of drug-likeness (QED) is 0.376. The predicted octanol–water partition coefficient (Wildman–Crippen LogP) is 7.99. The molecule has 0 saturated heterocycles. The summed E-state index contributed by atoms with van der Waals surface area (Å²) in [5.74, 6) is 0.258. The minimum atomic E-state index is 0.0231. The van der Waals surface area contributed by atoms with E-state index in [1.165, 1.54) is 5.57 Å². The number of nitrogens with zero attached hydrogens (tertiary/aromatic N) is 2. The SMILES string of the molecule is S=C(Nc1ccccc1)N1N=C2C(=Cc3ccc(Cl)cc3)CCCC2C1c1ccc(Cl)cc1. The molecule has 1 fully saturated rings. The molecular weight excluding hydrogens is 469 g/mol. The Balaban J connectivity index is 1.52. The number of hydrogen-bond donors (Lipinski definition) is 1. The first-order valence-electron chi connectivity index (χ1n) is 11.0. The van der Waals surface area contributed by atoms with Crippen LogP contribution in [0.15, 0.2) is 89.5 Å². The molecule has 166 valence electrons. The number of benzene rings is 3. The predicted molar refractivity (Wildman–Crippen MR) is 143 cm³/mol. The van der Waals surface area contributed by atoms with Crippen LogP contribution in [0.1, 0.15) is 36.4 Å². The van der Waals surface area contributed by atoms with Gasteiger partial charge in [0.2, 0.25) is 0 Å². The largest absolute Gasteiger partial charge is 0.331 e. The summed E-state index contributed by atoms with van der Waals surface area (Å²) in [7, 11) is 0. The van der Waals surface area contributed by atoms with E-state index in [-0.39, 0.29) is 12.0 Å². The molecule has 0 aromatic heterocycles. The van der Waals surface area contributed by atoms with Gasteiger partial charge in [0.15, 0.2) is 5.11 Å². The summed E-state index contributed by atoms with van der Waals surface area (Å²) in [6, 6.07) is 26.0. The number of rotatable bonds is 3. The molecule has 2 atom stereocenters. The number of anilines is 1. The summed E-state index contributed by atoms with van der Waals surface area (Å²) < 4.78 is 0. The molecule has 2 aliphatic rings. The van der Waals surface area contributed by atoms with Crippen LogP contribution in [0.2, 0.25) is 10.0 Å². The van der Waals surface area contributed by atoms with Gasteiger partial charge in [0.05, 0.1) is 11.8 Å². The lowest BCUT2D eigenvalue weighted by Gasteiger charge is -2.31. The first kappa shape index (κ1) is 22.1. The van der Waals surface area contributed by atoms with Gasteiger partial charge in [0.25, 0.3) is 0 Å².